The number of esters is 1. The summed E-state index contributed by atoms with van der Waals surface area (Å²) in [4.78, 5) is 37.7. The van der Waals surface area contributed by atoms with Crippen LogP contribution in [-0.4, -0.2) is 43.9 Å². The van der Waals surface area contributed by atoms with Crippen molar-refractivity contribution in [1.29, 1.82) is 0 Å². The van der Waals surface area contributed by atoms with Crippen molar-refractivity contribution >= 4 is 18.1 Å². The summed E-state index contributed by atoms with van der Waals surface area (Å²) in [6.07, 6.45) is 0.808. The molecule has 1 aliphatic carbocycles. The van der Waals surface area contributed by atoms with Gasteiger partial charge in [-0.1, -0.05) is 92.2 Å². The maximum atomic E-state index is 12.8. The lowest BCUT2D eigenvalue weighted by Crippen LogP contribution is -2.51. The summed E-state index contributed by atoms with van der Waals surface area (Å²) >= 11 is 0. The third-order valence-electron chi connectivity index (χ3n) is 6.43. The molecule has 0 aromatic heterocycles. The number of nitrogens with one attached hydrogen (secondary N) is 3. The van der Waals surface area contributed by atoms with Gasteiger partial charge in [-0.3, -0.25) is 0 Å². The molecule has 0 saturated carbocycles. The smallest absolute Gasteiger partial charge is 0.407 e. The lowest BCUT2D eigenvalue weighted by atomic mass is 9.98. The van der Waals surface area contributed by atoms with Crippen molar-refractivity contribution in [2.75, 3.05) is 19.8 Å². The first-order valence-corrected chi connectivity index (χ1v) is 12.9. The van der Waals surface area contributed by atoms with Gasteiger partial charge in [0.1, 0.15) is 12.6 Å². The van der Waals surface area contributed by atoms with E-state index in [2.05, 4.69) is 28.1 Å². The summed E-state index contributed by atoms with van der Waals surface area (Å²) in [5, 5.41) is 7.93. The molecule has 1 aliphatic rings. The van der Waals surface area contributed by atoms with E-state index in [1.165, 1.54) is 0 Å². The highest BCUT2D eigenvalue weighted by atomic mass is 16.6. The van der Waals surface area contributed by atoms with Gasteiger partial charge in [0.15, 0.2) is 0 Å². The van der Waals surface area contributed by atoms with E-state index in [0.29, 0.717) is 13.0 Å². The summed E-state index contributed by atoms with van der Waals surface area (Å²) in [6, 6.07) is 24.0. The normalized spacial score (nSPS) is 12.6. The number of benzene rings is 3. The van der Waals surface area contributed by atoms with Crippen LogP contribution in [-0.2, 0) is 20.8 Å². The highest BCUT2D eigenvalue weighted by Crippen LogP contribution is 2.44. The largest absolute Gasteiger partial charge is 0.464 e. The topological polar surface area (TPSA) is 106 Å². The van der Waals surface area contributed by atoms with Crippen LogP contribution in [0.25, 0.3) is 11.1 Å². The van der Waals surface area contributed by atoms with Crippen LogP contribution in [0, 0.1) is 0 Å². The fourth-order valence-electron chi connectivity index (χ4n) is 4.43. The SMILES string of the molecule is CCCCOC(=O)[C@H](CNC(=O)NCc1ccccc1)NC(=O)OCC1c2ccccc2-c2ccccc21. The van der Waals surface area contributed by atoms with Crippen molar-refractivity contribution in [2.45, 2.75) is 38.3 Å². The monoisotopic (exact) mass is 515 g/mol. The summed E-state index contributed by atoms with van der Waals surface area (Å²) in [5.41, 5.74) is 5.37. The Morgan fingerprint density at radius 2 is 1.45 bits per heavy atom. The Balaban J connectivity index is 1.34. The molecular formula is C30H33N3O5. The lowest BCUT2D eigenvalue weighted by molar-refractivity contribution is -0.146. The fraction of sp³-hybridized carbons (Fsp3) is 0.300. The summed E-state index contributed by atoms with van der Waals surface area (Å²) in [6.45, 7) is 2.52. The molecule has 3 aromatic carbocycles. The second-order valence-electron chi connectivity index (χ2n) is 9.09. The van der Waals surface area contributed by atoms with Gasteiger partial charge in [0, 0.05) is 12.5 Å². The zero-order valence-electron chi connectivity index (χ0n) is 21.4. The van der Waals surface area contributed by atoms with Gasteiger partial charge in [-0.15, -0.1) is 0 Å². The second kappa shape index (κ2) is 13.3. The van der Waals surface area contributed by atoms with E-state index in [0.717, 1.165) is 34.2 Å². The van der Waals surface area contributed by atoms with Gasteiger partial charge in [-0.05, 0) is 34.2 Å². The molecule has 3 aromatic rings. The molecule has 8 nitrogen and oxygen atoms in total. The Hall–Kier alpha value is -4.33. The Bertz CT molecular complexity index is 1200. The van der Waals surface area contributed by atoms with Crippen LogP contribution in [0.15, 0.2) is 78.9 Å². The van der Waals surface area contributed by atoms with Gasteiger partial charge in [-0.2, -0.15) is 0 Å². The molecule has 8 heteroatoms. The summed E-state index contributed by atoms with van der Waals surface area (Å²) < 4.78 is 10.9. The summed E-state index contributed by atoms with van der Waals surface area (Å²) in [7, 11) is 0. The number of ether oxygens (including phenoxy) is 2. The van der Waals surface area contributed by atoms with Crippen molar-refractivity contribution in [3.63, 3.8) is 0 Å². The number of hydrogen-bond acceptors (Lipinski definition) is 5. The van der Waals surface area contributed by atoms with Crippen molar-refractivity contribution in [2.24, 2.45) is 0 Å². The van der Waals surface area contributed by atoms with Gasteiger partial charge < -0.3 is 25.4 Å². The van der Waals surface area contributed by atoms with Crippen LogP contribution >= 0.6 is 0 Å². The van der Waals surface area contributed by atoms with Crippen molar-refractivity contribution in [3.8, 4) is 11.1 Å². The number of rotatable bonds is 11. The zero-order valence-corrected chi connectivity index (χ0v) is 21.4. The molecule has 4 rings (SSSR count). The average molecular weight is 516 g/mol. The molecule has 0 spiro atoms. The Labute approximate surface area is 222 Å². The average Bonchev–Trinajstić information content (AvgIpc) is 3.27. The molecule has 0 aliphatic heterocycles. The van der Waals surface area contributed by atoms with Crippen LogP contribution in [0.5, 0.6) is 0 Å². The molecular weight excluding hydrogens is 482 g/mol. The number of carbonyl (C=O) groups excluding carboxylic acids is 3. The maximum absolute atomic E-state index is 12.8. The van der Waals surface area contributed by atoms with E-state index in [1.807, 2.05) is 73.7 Å². The van der Waals surface area contributed by atoms with Crippen molar-refractivity contribution < 1.29 is 23.9 Å². The van der Waals surface area contributed by atoms with E-state index in [1.54, 1.807) is 0 Å². The number of amides is 3. The second-order valence-corrected chi connectivity index (χ2v) is 9.09. The molecule has 0 bridgehead atoms. The van der Waals surface area contributed by atoms with Crippen LogP contribution in [0.1, 0.15) is 42.4 Å². The molecule has 0 unspecified atom stereocenters. The molecule has 1 atom stereocenters. The van der Waals surface area contributed by atoms with Gasteiger partial charge in [0.05, 0.1) is 13.2 Å². The Morgan fingerprint density at radius 1 is 0.816 bits per heavy atom. The van der Waals surface area contributed by atoms with Gasteiger partial charge in [0.2, 0.25) is 0 Å². The number of unbranched alkanes of at least 4 members (excludes halogenated alkanes) is 1. The highest BCUT2D eigenvalue weighted by molar-refractivity contribution is 5.83. The number of urea groups is 1. The van der Waals surface area contributed by atoms with Crippen LogP contribution in [0.3, 0.4) is 0 Å². The quantitative estimate of drug-likeness (QED) is 0.253. The third-order valence-corrected chi connectivity index (χ3v) is 6.43. The van der Waals surface area contributed by atoms with Crippen LogP contribution < -0.4 is 16.0 Å². The number of carbonyl (C=O) groups is 3. The number of alkyl carbamates (subject to hydrolysis) is 1. The molecule has 0 saturated heterocycles. The predicted octanol–water partition coefficient (Wildman–Crippen LogP) is 4.74. The van der Waals surface area contributed by atoms with E-state index in [9.17, 15) is 14.4 Å². The summed E-state index contributed by atoms with van der Waals surface area (Å²) in [5.74, 6) is -0.736. The van der Waals surface area contributed by atoms with Crippen molar-refractivity contribution in [1.82, 2.24) is 16.0 Å². The van der Waals surface area contributed by atoms with E-state index >= 15 is 0 Å². The van der Waals surface area contributed by atoms with Crippen LogP contribution in [0.2, 0.25) is 0 Å². The van der Waals surface area contributed by atoms with Gasteiger partial charge >= 0.3 is 18.1 Å². The van der Waals surface area contributed by atoms with E-state index < -0.39 is 24.1 Å². The minimum absolute atomic E-state index is 0.106. The van der Waals surface area contributed by atoms with E-state index in [4.69, 9.17) is 9.47 Å². The zero-order chi connectivity index (χ0) is 26.7. The first-order chi connectivity index (χ1) is 18.6. The van der Waals surface area contributed by atoms with Gasteiger partial charge in [0.25, 0.3) is 0 Å². The van der Waals surface area contributed by atoms with E-state index in [-0.39, 0.29) is 25.7 Å². The highest BCUT2D eigenvalue weighted by Gasteiger charge is 2.30. The first-order valence-electron chi connectivity index (χ1n) is 12.9. The standard InChI is InChI=1S/C30H33N3O5/c1-2-3-17-37-28(34)27(19-32-29(35)31-18-21-11-5-4-6-12-21)33-30(36)38-20-26-24-15-9-7-13-22(24)23-14-8-10-16-25(23)26/h4-16,26-27H,2-3,17-20H2,1H3,(H,33,36)(H2,31,32,35)/t27-/m0/s1. The van der Waals surface area contributed by atoms with Crippen LogP contribution in [0.4, 0.5) is 9.59 Å². The lowest BCUT2D eigenvalue weighted by Gasteiger charge is -2.20. The molecule has 0 heterocycles. The Kier molecular flexibility index (Phi) is 9.34. The Morgan fingerprint density at radius 3 is 2.11 bits per heavy atom. The first kappa shape index (κ1) is 26.7. The third kappa shape index (κ3) is 6.91. The molecule has 3 N–H and O–H groups in total. The predicted molar refractivity (Wildman–Crippen MR) is 145 cm³/mol. The number of fused-ring (bicyclic) bond motifs is 3. The molecule has 38 heavy (non-hydrogen) atoms. The molecule has 0 fully saturated rings. The minimum Gasteiger partial charge on any atom is -0.464 e. The maximum Gasteiger partial charge on any atom is 0.407 e. The molecule has 198 valence electrons. The van der Waals surface area contributed by atoms with Gasteiger partial charge in [-0.25, -0.2) is 14.4 Å². The number of hydrogen-bond donors (Lipinski definition) is 3. The van der Waals surface area contributed by atoms with Crippen molar-refractivity contribution in [3.05, 3.63) is 95.6 Å². The molecule has 0 radical (unpaired) electrons. The minimum atomic E-state index is -1.09. The molecule has 3 amide bonds. The fourth-order valence-corrected chi connectivity index (χ4v) is 4.43.